The first-order valence-electron chi connectivity index (χ1n) is 7.28. The van der Waals surface area contributed by atoms with Gasteiger partial charge in [-0.2, -0.15) is 4.31 Å². The number of sulfonamides is 1. The van der Waals surface area contributed by atoms with Crippen LogP contribution in [-0.4, -0.2) is 69.1 Å². The lowest BCUT2D eigenvalue weighted by molar-refractivity contribution is -0.128. The third-order valence-electron chi connectivity index (χ3n) is 3.69. The maximum atomic E-state index is 12.3. The van der Waals surface area contributed by atoms with E-state index in [1.165, 1.54) is 15.6 Å². The first kappa shape index (κ1) is 17.4. The summed E-state index contributed by atoms with van der Waals surface area (Å²) in [5, 5.41) is 3.35. The summed E-state index contributed by atoms with van der Waals surface area (Å²) in [5.74, 6) is -0.0784. The standard InChI is InChI=1S/C13H27N3O3S/c1-4-16(11-13(17)15(2)3)20(18,19)10-8-12-7-5-6-9-14-12/h12,14H,4-11H2,1-3H3. The fourth-order valence-corrected chi connectivity index (χ4v) is 3.83. The Morgan fingerprint density at radius 3 is 2.50 bits per heavy atom. The van der Waals surface area contributed by atoms with Crippen molar-refractivity contribution < 1.29 is 13.2 Å². The molecule has 1 atom stereocenters. The monoisotopic (exact) mass is 305 g/mol. The average Bonchev–Trinajstić information content (AvgIpc) is 2.43. The average molecular weight is 305 g/mol. The third kappa shape index (κ3) is 5.38. The molecule has 1 amide bonds. The molecule has 1 saturated heterocycles. The number of amides is 1. The van der Waals surface area contributed by atoms with Gasteiger partial charge < -0.3 is 10.2 Å². The molecule has 0 aromatic carbocycles. The zero-order valence-electron chi connectivity index (χ0n) is 12.8. The number of likely N-dealkylation sites (N-methyl/N-ethyl adjacent to an activating group) is 2. The van der Waals surface area contributed by atoms with E-state index in [2.05, 4.69) is 5.32 Å². The second-order valence-electron chi connectivity index (χ2n) is 5.47. The van der Waals surface area contributed by atoms with Crippen LogP contribution in [0.3, 0.4) is 0 Å². The second-order valence-corrected chi connectivity index (χ2v) is 7.55. The Balaban J connectivity index is 2.53. The number of nitrogens with one attached hydrogen (secondary N) is 1. The predicted octanol–water partition coefficient (Wildman–Crippen LogP) is 0.259. The molecule has 20 heavy (non-hydrogen) atoms. The van der Waals surface area contributed by atoms with Crippen LogP contribution >= 0.6 is 0 Å². The summed E-state index contributed by atoms with van der Waals surface area (Å²) in [4.78, 5) is 13.1. The first-order chi connectivity index (χ1) is 9.36. The molecule has 1 rings (SSSR count). The van der Waals surface area contributed by atoms with Gasteiger partial charge in [0.2, 0.25) is 15.9 Å². The molecule has 7 heteroatoms. The van der Waals surface area contributed by atoms with Crippen molar-refractivity contribution in [2.45, 2.75) is 38.6 Å². The van der Waals surface area contributed by atoms with Gasteiger partial charge in [0, 0.05) is 26.7 Å². The van der Waals surface area contributed by atoms with E-state index in [0.717, 1.165) is 19.4 Å². The van der Waals surface area contributed by atoms with Gasteiger partial charge in [-0.3, -0.25) is 4.79 Å². The van der Waals surface area contributed by atoms with Gasteiger partial charge in [0.05, 0.1) is 12.3 Å². The molecule has 1 heterocycles. The Bertz CT molecular complexity index is 403. The van der Waals surface area contributed by atoms with E-state index in [1.807, 2.05) is 0 Å². The van der Waals surface area contributed by atoms with Crippen LogP contribution in [0.4, 0.5) is 0 Å². The van der Waals surface area contributed by atoms with Crippen molar-refractivity contribution >= 4 is 15.9 Å². The van der Waals surface area contributed by atoms with Crippen molar-refractivity contribution in [1.29, 1.82) is 0 Å². The number of nitrogens with zero attached hydrogens (tertiary/aromatic N) is 2. The fraction of sp³-hybridized carbons (Fsp3) is 0.923. The highest BCUT2D eigenvalue weighted by molar-refractivity contribution is 7.89. The normalized spacial score (nSPS) is 20.1. The molecule has 0 saturated carbocycles. The summed E-state index contributed by atoms with van der Waals surface area (Å²) < 4.78 is 25.9. The minimum Gasteiger partial charge on any atom is -0.348 e. The fourth-order valence-electron chi connectivity index (χ4n) is 2.29. The summed E-state index contributed by atoms with van der Waals surface area (Å²) in [6, 6.07) is 0.293. The molecule has 1 fully saturated rings. The summed E-state index contributed by atoms with van der Waals surface area (Å²) in [5.41, 5.74) is 0. The summed E-state index contributed by atoms with van der Waals surface area (Å²) >= 11 is 0. The van der Waals surface area contributed by atoms with Crippen molar-refractivity contribution in [1.82, 2.24) is 14.5 Å². The lowest BCUT2D eigenvalue weighted by atomic mass is 10.0. The molecule has 0 aliphatic carbocycles. The highest BCUT2D eigenvalue weighted by Gasteiger charge is 2.25. The van der Waals surface area contributed by atoms with Gasteiger partial charge in [-0.05, 0) is 25.8 Å². The SMILES string of the molecule is CCN(CC(=O)N(C)C)S(=O)(=O)CCC1CCCCN1. The van der Waals surface area contributed by atoms with Gasteiger partial charge in [0.1, 0.15) is 0 Å². The highest BCUT2D eigenvalue weighted by Crippen LogP contribution is 2.13. The van der Waals surface area contributed by atoms with E-state index in [9.17, 15) is 13.2 Å². The van der Waals surface area contributed by atoms with Crippen LogP contribution in [0.15, 0.2) is 0 Å². The van der Waals surface area contributed by atoms with Gasteiger partial charge in [0.25, 0.3) is 0 Å². The number of carbonyl (C=O) groups is 1. The van der Waals surface area contributed by atoms with E-state index >= 15 is 0 Å². The molecule has 1 aliphatic rings. The van der Waals surface area contributed by atoms with Gasteiger partial charge in [-0.15, -0.1) is 0 Å². The van der Waals surface area contributed by atoms with Crippen molar-refractivity contribution in [3.05, 3.63) is 0 Å². The van der Waals surface area contributed by atoms with Crippen LogP contribution in [0, 0.1) is 0 Å². The molecule has 118 valence electrons. The Morgan fingerprint density at radius 1 is 1.30 bits per heavy atom. The molecule has 0 aromatic heterocycles. The van der Waals surface area contributed by atoms with Crippen LogP contribution in [0.1, 0.15) is 32.6 Å². The number of piperidine rings is 1. The van der Waals surface area contributed by atoms with Gasteiger partial charge in [-0.25, -0.2) is 8.42 Å². The second kappa shape index (κ2) is 7.95. The highest BCUT2D eigenvalue weighted by atomic mass is 32.2. The lowest BCUT2D eigenvalue weighted by Crippen LogP contribution is -2.42. The maximum absolute atomic E-state index is 12.3. The molecule has 0 radical (unpaired) electrons. The van der Waals surface area contributed by atoms with Crippen molar-refractivity contribution in [3.63, 3.8) is 0 Å². The van der Waals surface area contributed by atoms with Crippen LogP contribution < -0.4 is 5.32 Å². The Labute approximate surface area is 122 Å². The molecule has 0 aromatic rings. The lowest BCUT2D eigenvalue weighted by Gasteiger charge is -2.26. The van der Waals surface area contributed by atoms with Gasteiger partial charge >= 0.3 is 0 Å². The van der Waals surface area contributed by atoms with Crippen LogP contribution in [0.2, 0.25) is 0 Å². The molecule has 1 unspecified atom stereocenters. The van der Waals surface area contributed by atoms with Crippen LogP contribution in [0.25, 0.3) is 0 Å². The quantitative estimate of drug-likeness (QED) is 0.732. The molecule has 0 spiro atoms. The van der Waals surface area contributed by atoms with Crippen molar-refractivity contribution in [2.24, 2.45) is 0 Å². The molecule has 1 aliphatic heterocycles. The summed E-state index contributed by atoms with van der Waals surface area (Å²) in [7, 11) is -0.0872. The Morgan fingerprint density at radius 2 is 2.00 bits per heavy atom. The Kier molecular flexibility index (Phi) is 6.91. The molecular weight excluding hydrogens is 278 g/mol. The van der Waals surface area contributed by atoms with E-state index in [4.69, 9.17) is 0 Å². The number of carbonyl (C=O) groups excluding carboxylic acids is 1. The molecular formula is C13H27N3O3S. The zero-order chi connectivity index (χ0) is 15.2. The summed E-state index contributed by atoms with van der Waals surface area (Å²) in [6.07, 6.45) is 3.99. The van der Waals surface area contributed by atoms with Crippen LogP contribution in [-0.2, 0) is 14.8 Å². The van der Waals surface area contributed by atoms with Crippen molar-refractivity contribution in [2.75, 3.05) is 39.5 Å². The van der Waals surface area contributed by atoms with E-state index in [0.29, 0.717) is 19.0 Å². The zero-order valence-corrected chi connectivity index (χ0v) is 13.6. The number of rotatable bonds is 7. The van der Waals surface area contributed by atoms with Gasteiger partial charge in [-0.1, -0.05) is 13.3 Å². The minimum absolute atomic E-state index is 0.0655. The van der Waals surface area contributed by atoms with E-state index < -0.39 is 10.0 Å². The number of hydrogen-bond donors (Lipinski definition) is 1. The van der Waals surface area contributed by atoms with Gasteiger partial charge in [0.15, 0.2) is 0 Å². The largest absolute Gasteiger partial charge is 0.348 e. The molecule has 0 bridgehead atoms. The predicted molar refractivity (Wildman–Crippen MR) is 80.0 cm³/mol. The minimum atomic E-state index is -3.35. The number of hydrogen-bond acceptors (Lipinski definition) is 4. The third-order valence-corrected chi connectivity index (χ3v) is 5.62. The van der Waals surface area contributed by atoms with Crippen LogP contribution in [0.5, 0.6) is 0 Å². The molecule has 6 nitrogen and oxygen atoms in total. The summed E-state index contributed by atoms with van der Waals surface area (Å²) in [6.45, 7) is 3.00. The smallest absolute Gasteiger partial charge is 0.237 e. The van der Waals surface area contributed by atoms with E-state index in [1.54, 1.807) is 21.0 Å². The maximum Gasteiger partial charge on any atom is 0.237 e. The van der Waals surface area contributed by atoms with E-state index in [-0.39, 0.29) is 18.2 Å². The first-order valence-corrected chi connectivity index (χ1v) is 8.89. The van der Waals surface area contributed by atoms with Crippen molar-refractivity contribution in [3.8, 4) is 0 Å². The molecule has 1 N–H and O–H groups in total. The topological polar surface area (TPSA) is 69.7 Å². The Hall–Kier alpha value is -0.660.